The molecule has 2 aliphatic rings. The van der Waals surface area contributed by atoms with Gasteiger partial charge in [0, 0.05) is 55.6 Å². The number of H-pyrrole nitrogens is 1. The number of benzene rings is 1. The minimum absolute atomic E-state index is 0.0139. The number of rotatable bonds is 15. The number of ether oxygens (including phenoxy) is 1. The number of imidazole rings is 1. The topological polar surface area (TPSA) is 167 Å². The molecule has 272 valence electrons. The van der Waals surface area contributed by atoms with Crippen LogP contribution in [0.15, 0.2) is 48.4 Å². The summed E-state index contributed by atoms with van der Waals surface area (Å²) in [4.78, 5) is 67.7. The van der Waals surface area contributed by atoms with Crippen LogP contribution in [0.3, 0.4) is 0 Å². The van der Waals surface area contributed by atoms with Crippen molar-refractivity contribution >= 4 is 56.3 Å². The normalized spacial score (nSPS) is 17.8. The van der Waals surface area contributed by atoms with Crippen molar-refractivity contribution in [3.63, 3.8) is 0 Å². The lowest BCUT2D eigenvalue weighted by Gasteiger charge is -2.31. The van der Waals surface area contributed by atoms with Gasteiger partial charge >= 0.3 is 0 Å². The summed E-state index contributed by atoms with van der Waals surface area (Å²) in [5.74, 6) is -1.56. The molecule has 3 aromatic heterocycles. The molecule has 6 rings (SSSR count). The number of fused-ring (bicyclic) bond motifs is 1. The molecule has 0 spiro atoms. The minimum atomic E-state index is -1.14. The van der Waals surface area contributed by atoms with Crippen molar-refractivity contribution in [2.75, 3.05) is 26.3 Å². The number of amides is 3. The molecule has 1 aliphatic carbocycles. The van der Waals surface area contributed by atoms with Crippen LogP contribution in [0.2, 0.25) is 0 Å². The molecule has 1 saturated carbocycles. The van der Waals surface area contributed by atoms with Crippen molar-refractivity contribution in [3.8, 4) is 0 Å². The number of nitrogens with one attached hydrogen (secondary N) is 3. The zero-order valence-electron chi connectivity index (χ0n) is 28.8. The summed E-state index contributed by atoms with van der Waals surface area (Å²) in [7, 11) is 0. The lowest BCUT2D eigenvalue weighted by molar-refractivity contribution is -0.140. The van der Waals surface area contributed by atoms with E-state index >= 15 is 0 Å². The fourth-order valence-corrected chi connectivity index (χ4v) is 8.91. The number of aromatic amines is 1. The summed E-state index contributed by atoms with van der Waals surface area (Å²) in [5.41, 5.74) is 1.62. The summed E-state index contributed by atoms with van der Waals surface area (Å²) in [5, 5.41) is 21.1. The highest BCUT2D eigenvalue weighted by Gasteiger charge is 2.34. The van der Waals surface area contributed by atoms with E-state index in [9.17, 15) is 24.3 Å². The van der Waals surface area contributed by atoms with Gasteiger partial charge in [-0.25, -0.2) is 9.97 Å². The monoisotopic (exact) mass is 734 g/mol. The smallest absolute Gasteiger partial charge is 0.243 e. The molecule has 1 saturated heterocycles. The Hall–Kier alpha value is -3.98. The second-order valence-corrected chi connectivity index (χ2v) is 15.6. The lowest BCUT2D eigenvalue weighted by atomic mass is 9.83. The molecular weight excluding hydrogens is 689 g/mol. The van der Waals surface area contributed by atoms with Crippen LogP contribution in [-0.2, 0) is 32.0 Å². The number of aromatic nitrogens is 3. The summed E-state index contributed by atoms with van der Waals surface area (Å²) < 4.78 is 6.54. The summed E-state index contributed by atoms with van der Waals surface area (Å²) >= 11 is 2.72. The molecule has 1 aromatic carbocycles. The van der Waals surface area contributed by atoms with Gasteiger partial charge in [-0.15, -0.1) is 22.7 Å². The van der Waals surface area contributed by atoms with Crippen LogP contribution in [0, 0.1) is 11.8 Å². The van der Waals surface area contributed by atoms with Crippen molar-refractivity contribution in [2.45, 2.75) is 82.9 Å². The Balaban J connectivity index is 1.24. The molecule has 2 fully saturated rings. The largest absolute Gasteiger partial charge is 0.384 e. The first kappa shape index (κ1) is 36.8. The molecule has 4 N–H and O–H groups in total. The summed E-state index contributed by atoms with van der Waals surface area (Å²) in [6.07, 6.45) is 9.78. The van der Waals surface area contributed by atoms with Gasteiger partial charge in [0.15, 0.2) is 5.78 Å². The molecule has 0 unspecified atom stereocenters. The third kappa shape index (κ3) is 9.67. The predicted octanol–water partition coefficient (Wildman–Crippen LogP) is 4.61. The summed E-state index contributed by atoms with van der Waals surface area (Å²) in [6.45, 7) is 3.30. The van der Waals surface area contributed by atoms with E-state index in [1.807, 2.05) is 29.6 Å². The number of thiophene rings is 1. The van der Waals surface area contributed by atoms with Gasteiger partial charge in [0.05, 0.1) is 36.4 Å². The van der Waals surface area contributed by atoms with Gasteiger partial charge in [-0.3, -0.25) is 19.2 Å². The van der Waals surface area contributed by atoms with E-state index in [0.29, 0.717) is 60.6 Å². The average molecular weight is 735 g/mol. The van der Waals surface area contributed by atoms with E-state index in [-0.39, 0.29) is 24.5 Å². The van der Waals surface area contributed by atoms with Gasteiger partial charge in [-0.05, 0) is 41.2 Å². The van der Waals surface area contributed by atoms with Crippen LogP contribution >= 0.6 is 22.7 Å². The Morgan fingerprint density at radius 1 is 1.04 bits per heavy atom. The fourth-order valence-electron chi connectivity index (χ4n) is 7.07. The van der Waals surface area contributed by atoms with Crippen LogP contribution in [0.1, 0.15) is 83.9 Å². The van der Waals surface area contributed by atoms with Gasteiger partial charge in [0.1, 0.15) is 17.2 Å². The zero-order chi connectivity index (χ0) is 35.7. The highest BCUT2D eigenvalue weighted by Crippen LogP contribution is 2.33. The van der Waals surface area contributed by atoms with Gasteiger partial charge in [-0.1, -0.05) is 50.3 Å². The Morgan fingerprint density at radius 2 is 1.82 bits per heavy atom. The standard InChI is InChI=1S/C37H46N6O6S2/c1-23(44)32-20-39-37(51-32)34(46)29(15-24-7-3-2-4-8-24)41-36(48)30(18-27-19-38-22-40-27)42-35(47)25(17-33(45)43-11-13-49-14-12-43)16-26-21-50-31-10-6-5-9-28(26)31/h5-6,9-10,19-22,24-25,29-30,34,46H,2-4,7-8,11-18H2,1H3,(H,38,40)(H,41,48)(H,42,47)/t25-,29+,30+,34-/m1/s1. The molecule has 3 amide bonds. The number of morpholine rings is 1. The highest BCUT2D eigenvalue weighted by atomic mass is 32.1. The van der Waals surface area contributed by atoms with Gasteiger partial charge in [0.25, 0.3) is 0 Å². The van der Waals surface area contributed by atoms with Crippen molar-refractivity contribution in [2.24, 2.45) is 11.8 Å². The quantitative estimate of drug-likeness (QED) is 0.129. The number of Topliss-reactive ketones (excluding diaryl/α,β-unsaturated/α-hetero) is 1. The van der Waals surface area contributed by atoms with Crippen LogP contribution in [-0.4, -0.2) is 86.9 Å². The Kier molecular flexibility index (Phi) is 12.6. The Morgan fingerprint density at radius 3 is 2.55 bits per heavy atom. The molecule has 14 heteroatoms. The second-order valence-electron chi connectivity index (χ2n) is 13.6. The van der Waals surface area contributed by atoms with Crippen molar-refractivity contribution in [3.05, 3.63) is 69.5 Å². The van der Waals surface area contributed by atoms with E-state index in [1.54, 1.807) is 22.4 Å². The molecule has 4 aromatic rings. The molecule has 0 radical (unpaired) electrons. The molecule has 12 nitrogen and oxygen atoms in total. The zero-order valence-corrected chi connectivity index (χ0v) is 30.5. The molecule has 4 heterocycles. The average Bonchev–Trinajstić information content (AvgIpc) is 3.94. The van der Waals surface area contributed by atoms with E-state index in [1.165, 1.54) is 25.9 Å². The van der Waals surface area contributed by atoms with Gasteiger partial charge in [-0.2, -0.15) is 0 Å². The predicted molar refractivity (Wildman–Crippen MR) is 195 cm³/mol. The third-order valence-corrected chi connectivity index (χ3v) is 12.1. The fraction of sp³-hybridized carbons (Fsp3) is 0.514. The van der Waals surface area contributed by atoms with Gasteiger partial charge < -0.3 is 30.4 Å². The number of aliphatic hydroxyl groups excluding tert-OH is 1. The second kappa shape index (κ2) is 17.5. The van der Waals surface area contributed by atoms with Crippen LogP contribution in [0.25, 0.3) is 10.1 Å². The number of aliphatic hydroxyl groups is 1. The molecular formula is C37H46N6O6S2. The maximum atomic E-state index is 14.3. The van der Waals surface area contributed by atoms with Crippen LogP contribution in [0.5, 0.6) is 0 Å². The number of hydrogen-bond acceptors (Lipinski definition) is 10. The number of carbonyl (C=O) groups excluding carboxylic acids is 4. The molecule has 51 heavy (non-hydrogen) atoms. The Labute approximate surface area is 305 Å². The summed E-state index contributed by atoms with van der Waals surface area (Å²) in [6, 6.07) is 6.28. The van der Waals surface area contributed by atoms with Crippen LogP contribution < -0.4 is 10.6 Å². The van der Waals surface area contributed by atoms with Crippen molar-refractivity contribution in [1.29, 1.82) is 0 Å². The first-order chi connectivity index (χ1) is 24.7. The van der Waals surface area contributed by atoms with E-state index in [4.69, 9.17) is 4.74 Å². The molecule has 1 aliphatic heterocycles. The van der Waals surface area contributed by atoms with Gasteiger partial charge in [0.2, 0.25) is 17.7 Å². The minimum Gasteiger partial charge on any atom is -0.384 e. The number of ketones is 1. The first-order valence-electron chi connectivity index (χ1n) is 17.8. The van der Waals surface area contributed by atoms with Crippen molar-refractivity contribution < 1.29 is 29.0 Å². The van der Waals surface area contributed by atoms with Crippen LogP contribution in [0.4, 0.5) is 0 Å². The number of nitrogens with zero attached hydrogens (tertiary/aromatic N) is 3. The van der Waals surface area contributed by atoms with E-state index in [0.717, 1.165) is 52.7 Å². The first-order valence-corrected chi connectivity index (χ1v) is 19.5. The molecule has 0 bridgehead atoms. The Bertz CT molecular complexity index is 1780. The molecule has 4 atom stereocenters. The number of thiazole rings is 1. The lowest BCUT2D eigenvalue weighted by Crippen LogP contribution is -2.54. The maximum absolute atomic E-state index is 14.3. The maximum Gasteiger partial charge on any atom is 0.243 e. The number of carbonyl (C=O) groups is 4. The van der Waals surface area contributed by atoms with E-state index in [2.05, 4.69) is 25.6 Å². The van der Waals surface area contributed by atoms with Crippen molar-refractivity contribution in [1.82, 2.24) is 30.5 Å². The number of hydrogen-bond donors (Lipinski definition) is 4. The SMILES string of the molecule is CC(=O)c1cnc([C@H](O)[C@H](CC2CCCCC2)NC(=O)[C@H](Cc2cnc[nH]2)NC(=O)[C@@H](CC(=O)N2CCOCC2)Cc2csc3ccccc23)s1. The van der Waals surface area contributed by atoms with E-state index < -0.39 is 35.9 Å². The third-order valence-electron chi connectivity index (χ3n) is 9.94. The highest BCUT2D eigenvalue weighted by molar-refractivity contribution is 7.17.